The van der Waals surface area contributed by atoms with Crippen molar-refractivity contribution >= 4 is 17.7 Å². The van der Waals surface area contributed by atoms with E-state index < -0.39 is 23.7 Å². The average Bonchev–Trinajstić information content (AvgIpc) is 3.50. The highest BCUT2D eigenvalue weighted by Gasteiger charge is 2.49. The number of hydrogen-bond donors (Lipinski definition) is 2. The van der Waals surface area contributed by atoms with E-state index in [0.717, 1.165) is 38.5 Å². The lowest BCUT2D eigenvalue weighted by atomic mass is 9.85. The summed E-state index contributed by atoms with van der Waals surface area (Å²) in [6.07, 6.45) is 5.27. The zero-order chi connectivity index (χ0) is 20.0. The molecule has 0 saturated heterocycles. The number of benzene rings is 1. The summed E-state index contributed by atoms with van der Waals surface area (Å²) >= 11 is 0. The summed E-state index contributed by atoms with van der Waals surface area (Å²) in [5.74, 6) is -1.59. The molecule has 3 aliphatic rings. The maximum absolute atomic E-state index is 13.0. The van der Waals surface area contributed by atoms with Crippen molar-refractivity contribution in [3.8, 4) is 0 Å². The first-order valence-corrected chi connectivity index (χ1v) is 10.0. The predicted molar refractivity (Wildman–Crippen MR) is 102 cm³/mol. The van der Waals surface area contributed by atoms with Gasteiger partial charge >= 0.3 is 5.97 Å². The van der Waals surface area contributed by atoms with Crippen LogP contribution in [-0.2, 0) is 9.59 Å². The fourth-order valence-corrected chi connectivity index (χ4v) is 4.47. The lowest BCUT2D eigenvalue weighted by molar-refractivity contribution is -0.132. The van der Waals surface area contributed by atoms with Gasteiger partial charge in [-0.25, -0.2) is 4.79 Å². The number of carbonyl (C=O) groups is 3. The van der Waals surface area contributed by atoms with E-state index in [9.17, 15) is 19.5 Å². The summed E-state index contributed by atoms with van der Waals surface area (Å²) in [5, 5.41) is 19.8. The summed E-state index contributed by atoms with van der Waals surface area (Å²) in [4.78, 5) is 38.7. The van der Waals surface area contributed by atoms with Crippen LogP contribution in [0, 0.1) is 11.8 Å². The molecule has 1 aliphatic heterocycles. The first kappa shape index (κ1) is 18.7. The van der Waals surface area contributed by atoms with E-state index in [1.165, 1.54) is 12.1 Å². The average molecular weight is 383 g/mol. The molecule has 4 rings (SSSR count). The molecule has 1 aromatic rings. The summed E-state index contributed by atoms with van der Waals surface area (Å²) in [6.45, 7) is 2.20. The molecular formula is C22H25NO5. The van der Waals surface area contributed by atoms with Gasteiger partial charge in [-0.2, -0.15) is 0 Å². The molecule has 0 bridgehead atoms. The van der Waals surface area contributed by atoms with Gasteiger partial charge in [0.25, 0.3) is 5.91 Å². The summed E-state index contributed by atoms with van der Waals surface area (Å²) in [5.41, 5.74) is 1.01. The first-order chi connectivity index (χ1) is 13.4. The van der Waals surface area contributed by atoms with Gasteiger partial charge in [0.05, 0.1) is 17.2 Å². The Kier molecular flexibility index (Phi) is 4.73. The highest BCUT2D eigenvalue weighted by Crippen LogP contribution is 2.46. The molecule has 148 valence electrons. The molecule has 28 heavy (non-hydrogen) atoms. The van der Waals surface area contributed by atoms with Gasteiger partial charge in [0.1, 0.15) is 0 Å². The Morgan fingerprint density at radius 1 is 1.00 bits per heavy atom. The van der Waals surface area contributed by atoms with Gasteiger partial charge in [0.2, 0.25) is 0 Å². The van der Waals surface area contributed by atoms with Crippen LogP contribution in [-0.4, -0.2) is 38.8 Å². The van der Waals surface area contributed by atoms with E-state index in [4.69, 9.17) is 5.11 Å². The Hall–Kier alpha value is -2.63. The molecule has 2 saturated carbocycles. The predicted octanol–water partition coefficient (Wildman–Crippen LogP) is 3.64. The zero-order valence-corrected chi connectivity index (χ0v) is 15.9. The molecule has 6 nitrogen and oxygen atoms in total. The number of carbonyl (C=O) groups excluding carboxylic acids is 2. The fraction of sp³-hybridized carbons (Fsp3) is 0.500. The Labute approximate surface area is 163 Å². The van der Waals surface area contributed by atoms with Crippen LogP contribution in [0.3, 0.4) is 0 Å². The molecule has 1 aromatic carbocycles. The smallest absolute Gasteiger partial charge is 0.335 e. The minimum atomic E-state index is -1.03. The largest absolute Gasteiger partial charge is 0.503 e. The highest BCUT2D eigenvalue weighted by atomic mass is 16.4. The number of hydrogen-bond acceptors (Lipinski definition) is 4. The van der Waals surface area contributed by atoms with Crippen molar-refractivity contribution in [1.29, 1.82) is 0 Å². The number of rotatable bonds is 5. The SMILES string of the molecule is CC1CCC(N2C(=O)C(O)=C(C(=O)C3CC3)[C@H]2c2ccc(C(=O)O)cc2)CC1. The molecule has 2 fully saturated rings. The lowest BCUT2D eigenvalue weighted by Gasteiger charge is -2.38. The third kappa shape index (κ3) is 3.21. The molecule has 0 spiro atoms. The van der Waals surface area contributed by atoms with E-state index in [2.05, 4.69) is 6.92 Å². The van der Waals surface area contributed by atoms with E-state index in [1.54, 1.807) is 17.0 Å². The summed E-state index contributed by atoms with van der Waals surface area (Å²) < 4.78 is 0. The number of ketones is 1. The maximum Gasteiger partial charge on any atom is 0.335 e. The Morgan fingerprint density at radius 2 is 1.61 bits per heavy atom. The van der Waals surface area contributed by atoms with E-state index in [0.29, 0.717) is 11.5 Å². The number of amides is 1. The summed E-state index contributed by atoms with van der Waals surface area (Å²) in [6, 6.07) is 5.61. The van der Waals surface area contributed by atoms with Gasteiger partial charge in [0, 0.05) is 12.0 Å². The zero-order valence-electron chi connectivity index (χ0n) is 15.9. The Morgan fingerprint density at radius 3 is 2.14 bits per heavy atom. The number of aliphatic hydroxyl groups is 1. The van der Waals surface area contributed by atoms with Crippen LogP contribution >= 0.6 is 0 Å². The van der Waals surface area contributed by atoms with Crippen molar-refractivity contribution in [2.45, 2.75) is 57.5 Å². The third-order valence-electron chi connectivity index (χ3n) is 6.31. The number of carboxylic acids is 1. The summed E-state index contributed by atoms with van der Waals surface area (Å²) in [7, 11) is 0. The standard InChI is InChI=1S/C22H25NO5/c1-12-2-10-16(11-3-12)23-18(13-4-8-15(9-5-13)22(27)28)17(20(25)21(23)26)19(24)14-6-7-14/h4-5,8-9,12,14,16,18,25H,2-3,6-7,10-11H2,1H3,(H,27,28)/t12?,16?,18-/m1/s1. The maximum atomic E-state index is 13.0. The normalized spacial score (nSPS) is 28.0. The number of nitrogens with zero attached hydrogens (tertiary/aromatic N) is 1. The number of aromatic carboxylic acids is 1. The second-order valence-corrected chi connectivity index (χ2v) is 8.36. The minimum Gasteiger partial charge on any atom is -0.503 e. The van der Waals surface area contributed by atoms with Gasteiger partial charge in [-0.15, -0.1) is 0 Å². The van der Waals surface area contributed by atoms with E-state index in [-0.39, 0.29) is 28.9 Å². The van der Waals surface area contributed by atoms with Gasteiger partial charge in [0.15, 0.2) is 11.5 Å². The van der Waals surface area contributed by atoms with Gasteiger partial charge in [-0.1, -0.05) is 19.1 Å². The van der Waals surface area contributed by atoms with Crippen LogP contribution in [0.1, 0.15) is 67.4 Å². The van der Waals surface area contributed by atoms with Crippen molar-refractivity contribution in [3.63, 3.8) is 0 Å². The molecule has 1 heterocycles. The van der Waals surface area contributed by atoms with Crippen LogP contribution < -0.4 is 0 Å². The van der Waals surface area contributed by atoms with Gasteiger partial charge < -0.3 is 15.1 Å². The molecule has 0 radical (unpaired) electrons. The fourth-order valence-electron chi connectivity index (χ4n) is 4.47. The quantitative estimate of drug-likeness (QED) is 0.809. The van der Waals surface area contributed by atoms with Crippen LogP contribution in [0.25, 0.3) is 0 Å². The monoisotopic (exact) mass is 383 g/mol. The van der Waals surface area contributed by atoms with Crippen molar-refractivity contribution < 1.29 is 24.6 Å². The van der Waals surface area contributed by atoms with Crippen molar-refractivity contribution in [3.05, 3.63) is 46.7 Å². The molecule has 2 N–H and O–H groups in total. The lowest BCUT2D eigenvalue weighted by Crippen LogP contribution is -2.42. The van der Waals surface area contributed by atoms with Crippen LogP contribution in [0.5, 0.6) is 0 Å². The minimum absolute atomic E-state index is 0.0282. The van der Waals surface area contributed by atoms with Gasteiger partial charge in [-0.3, -0.25) is 9.59 Å². The van der Waals surface area contributed by atoms with Crippen molar-refractivity contribution in [2.75, 3.05) is 0 Å². The van der Waals surface area contributed by atoms with Crippen LogP contribution in [0.4, 0.5) is 0 Å². The van der Waals surface area contributed by atoms with Crippen molar-refractivity contribution in [2.24, 2.45) is 11.8 Å². The molecular weight excluding hydrogens is 358 g/mol. The number of Topliss-reactive ketones (excluding diaryl/α,β-unsaturated/α-hetero) is 1. The second kappa shape index (κ2) is 7.08. The first-order valence-electron chi connectivity index (χ1n) is 10.0. The van der Waals surface area contributed by atoms with Crippen molar-refractivity contribution in [1.82, 2.24) is 4.90 Å². The molecule has 2 aliphatic carbocycles. The molecule has 6 heteroatoms. The van der Waals surface area contributed by atoms with Crippen LogP contribution in [0.15, 0.2) is 35.6 Å². The molecule has 1 atom stereocenters. The highest BCUT2D eigenvalue weighted by molar-refractivity contribution is 6.10. The number of carboxylic acid groups (broad SMARTS) is 1. The van der Waals surface area contributed by atoms with E-state index >= 15 is 0 Å². The number of aliphatic hydroxyl groups excluding tert-OH is 1. The molecule has 0 aromatic heterocycles. The Bertz CT molecular complexity index is 844. The van der Waals surface area contributed by atoms with Crippen LogP contribution in [0.2, 0.25) is 0 Å². The third-order valence-corrected chi connectivity index (χ3v) is 6.31. The van der Waals surface area contributed by atoms with E-state index in [1.807, 2.05) is 0 Å². The Balaban J connectivity index is 1.73. The molecule has 1 amide bonds. The molecule has 0 unspecified atom stereocenters. The van der Waals surface area contributed by atoms with Gasteiger partial charge in [-0.05, 0) is 62.1 Å². The second-order valence-electron chi connectivity index (χ2n) is 8.36. The topological polar surface area (TPSA) is 94.9 Å².